The Bertz CT molecular complexity index is 1300. The number of carbonyl (C=O) groups excluding carboxylic acids is 3. The SMILES string of the molecule is CC(C)C[C@H](O)C(=O)NC1(C(=O)NC2N=C(c3ccc(C(F)(F)F)cc3)c3ccccc3N(C)C2=O)CCCC1. The standard InChI is InChI=1S/C29H33F3N4O4/c1-17(2)16-22(37)25(38)35-28(14-6-7-15-28)27(40)34-24-26(39)36(3)21-9-5-4-8-20(21)23(33-24)18-10-12-19(13-11-18)29(30,31)32/h4-5,8-13,17,22,24,37H,6-7,14-16H2,1-3H3,(H,34,40)(H,35,38)/t22-,24?/m0/s1. The first-order valence-corrected chi connectivity index (χ1v) is 13.3. The van der Waals surface area contributed by atoms with E-state index in [4.69, 9.17) is 0 Å². The van der Waals surface area contributed by atoms with Crippen LogP contribution in [0.15, 0.2) is 53.5 Å². The van der Waals surface area contributed by atoms with Crippen molar-refractivity contribution in [3.8, 4) is 0 Å². The number of anilines is 1. The maximum atomic E-state index is 13.7. The van der Waals surface area contributed by atoms with Crippen molar-refractivity contribution >= 4 is 29.1 Å². The molecule has 0 aromatic heterocycles. The normalized spacial score (nSPS) is 19.5. The first-order chi connectivity index (χ1) is 18.8. The van der Waals surface area contributed by atoms with Crippen LogP contribution in [0.3, 0.4) is 0 Å². The van der Waals surface area contributed by atoms with E-state index in [0.29, 0.717) is 42.5 Å². The fourth-order valence-corrected chi connectivity index (χ4v) is 5.19. The molecule has 3 N–H and O–H groups in total. The minimum absolute atomic E-state index is 0.0628. The molecule has 214 valence electrons. The summed E-state index contributed by atoms with van der Waals surface area (Å²) in [5.74, 6) is -1.75. The number of aliphatic hydroxyl groups excluding tert-OH is 1. The number of nitrogens with zero attached hydrogens (tertiary/aromatic N) is 2. The monoisotopic (exact) mass is 558 g/mol. The number of fused-ring (bicyclic) bond motifs is 1. The molecule has 1 aliphatic heterocycles. The Labute approximate surface area is 230 Å². The average molecular weight is 559 g/mol. The number of halogens is 3. The van der Waals surface area contributed by atoms with Crippen LogP contribution in [0.1, 0.15) is 62.6 Å². The second-order valence-corrected chi connectivity index (χ2v) is 10.8. The summed E-state index contributed by atoms with van der Waals surface area (Å²) in [4.78, 5) is 45.8. The summed E-state index contributed by atoms with van der Waals surface area (Å²) in [6, 6.07) is 11.3. The Morgan fingerprint density at radius 1 is 1.10 bits per heavy atom. The fourth-order valence-electron chi connectivity index (χ4n) is 5.19. The van der Waals surface area contributed by atoms with Crippen molar-refractivity contribution in [2.24, 2.45) is 10.9 Å². The molecule has 4 rings (SSSR count). The largest absolute Gasteiger partial charge is 0.416 e. The fraction of sp³-hybridized carbons (Fsp3) is 0.448. The van der Waals surface area contributed by atoms with Crippen LogP contribution in [0.5, 0.6) is 0 Å². The van der Waals surface area contributed by atoms with Crippen LogP contribution < -0.4 is 15.5 Å². The van der Waals surface area contributed by atoms with E-state index in [9.17, 15) is 32.7 Å². The summed E-state index contributed by atoms with van der Waals surface area (Å²) in [5, 5.41) is 15.7. The molecule has 0 radical (unpaired) electrons. The van der Waals surface area contributed by atoms with Crippen molar-refractivity contribution in [3.63, 3.8) is 0 Å². The van der Waals surface area contributed by atoms with Gasteiger partial charge in [-0.05, 0) is 43.4 Å². The average Bonchev–Trinajstić information content (AvgIpc) is 3.35. The lowest BCUT2D eigenvalue weighted by molar-refractivity contribution is -0.139. The summed E-state index contributed by atoms with van der Waals surface area (Å²) >= 11 is 0. The van der Waals surface area contributed by atoms with Gasteiger partial charge in [-0.1, -0.05) is 57.0 Å². The second kappa shape index (κ2) is 11.4. The maximum absolute atomic E-state index is 13.7. The van der Waals surface area contributed by atoms with E-state index in [0.717, 1.165) is 12.1 Å². The molecule has 2 aliphatic rings. The number of alkyl halides is 3. The zero-order valence-corrected chi connectivity index (χ0v) is 22.6. The zero-order valence-electron chi connectivity index (χ0n) is 22.6. The molecule has 0 bridgehead atoms. The Balaban J connectivity index is 1.69. The number of benzodiazepines with no additional fused rings is 1. The van der Waals surface area contributed by atoms with Crippen LogP contribution >= 0.6 is 0 Å². The number of para-hydroxylation sites is 1. The third-order valence-corrected chi connectivity index (χ3v) is 7.35. The van der Waals surface area contributed by atoms with Gasteiger partial charge in [0.25, 0.3) is 5.91 Å². The Hall–Kier alpha value is -3.73. The molecule has 2 atom stereocenters. The number of benzene rings is 2. The van der Waals surface area contributed by atoms with E-state index in [1.807, 2.05) is 13.8 Å². The summed E-state index contributed by atoms with van der Waals surface area (Å²) in [7, 11) is 1.53. The molecule has 1 saturated carbocycles. The number of rotatable bonds is 7. The molecule has 0 spiro atoms. The van der Waals surface area contributed by atoms with E-state index in [1.165, 1.54) is 24.1 Å². The molecule has 40 heavy (non-hydrogen) atoms. The van der Waals surface area contributed by atoms with Crippen LogP contribution in [0, 0.1) is 5.92 Å². The lowest BCUT2D eigenvalue weighted by Crippen LogP contribution is -2.61. The van der Waals surface area contributed by atoms with Gasteiger partial charge < -0.3 is 20.6 Å². The van der Waals surface area contributed by atoms with Gasteiger partial charge in [0.2, 0.25) is 18.0 Å². The quantitative estimate of drug-likeness (QED) is 0.480. The first kappa shape index (κ1) is 29.3. The van der Waals surface area contributed by atoms with E-state index < -0.39 is 47.3 Å². The van der Waals surface area contributed by atoms with Crippen LogP contribution in [-0.4, -0.2) is 53.4 Å². The van der Waals surface area contributed by atoms with Crippen LogP contribution in [0.2, 0.25) is 0 Å². The number of likely N-dealkylation sites (N-methyl/N-ethyl adjacent to an activating group) is 1. The number of nitrogens with one attached hydrogen (secondary N) is 2. The first-order valence-electron chi connectivity index (χ1n) is 13.3. The third kappa shape index (κ3) is 6.04. The van der Waals surface area contributed by atoms with Gasteiger partial charge in [-0.25, -0.2) is 4.99 Å². The van der Waals surface area contributed by atoms with Gasteiger partial charge in [0.1, 0.15) is 11.6 Å². The van der Waals surface area contributed by atoms with E-state index >= 15 is 0 Å². The lowest BCUT2D eigenvalue weighted by Gasteiger charge is -2.31. The Kier molecular flexibility index (Phi) is 8.34. The number of aliphatic hydroxyl groups is 1. The lowest BCUT2D eigenvalue weighted by atomic mass is 9.94. The van der Waals surface area contributed by atoms with Crippen molar-refractivity contribution in [1.82, 2.24) is 10.6 Å². The van der Waals surface area contributed by atoms with Crippen LogP contribution in [0.25, 0.3) is 0 Å². The minimum Gasteiger partial charge on any atom is -0.383 e. The molecule has 1 heterocycles. The summed E-state index contributed by atoms with van der Waals surface area (Å²) in [6.45, 7) is 3.74. The highest BCUT2D eigenvalue weighted by Crippen LogP contribution is 2.33. The molecule has 2 aromatic carbocycles. The molecule has 11 heteroatoms. The highest BCUT2D eigenvalue weighted by Gasteiger charge is 2.45. The van der Waals surface area contributed by atoms with Gasteiger partial charge in [0, 0.05) is 18.2 Å². The summed E-state index contributed by atoms with van der Waals surface area (Å²) in [6.07, 6.45) is -5.00. The second-order valence-electron chi connectivity index (χ2n) is 10.8. The zero-order chi connectivity index (χ0) is 29.2. The Morgan fingerprint density at radius 3 is 2.33 bits per heavy atom. The predicted octanol–water partition coefficient (Wildman–Crippen LogP) is 3.80. The summed E-state index contributed by atoms with van der Waals surface area (Å²) < 4.78 is 39.6. The van der Waals surface area contributed by atoms with Gasteiger partial charge in [-0.2, -0.15) is 13.2 Å². The third-order valence-electron chi connectivity index (χ3n) is 7.35. The van der Waals surface area contributed by atoms with Crippen molar-refractivity contribution in [2.45, 2.75) is 69.9 Å². The number of hydrogen-bond acceptors (Lipinski definition) is 5. The minimum atomic E-state index is -4.52. The number of amides is 3. The van der Waals surface area contributed by atoms with E-state index in [2.05, 4.69) is 15.6 Å². The smallest absolute Gasteiger partial charge is 0.383 e. The van der Waals surface area contributed by atoms with Gasteiger partial charge in [-0.3, -0.25) is 14.4 Å². The number of carbonyl (C=O) groups is 3. The predicted molar refractivity (Wildman–Crippen MR) is 144 cm³/mol. The van der Waals surface area contributed by atoms with Crippen molar-refractivity contribution in [1.29, 1.82) is 0 Å². The molecule has 3 amide bonds. The topological polar surface area (TPSA) is 111 Å². The van der Waals surface area contributed by atoms with Gasteiger partial charge in [0.15, 0.2) is 0 Å². The van der Waals surface area contributed by atoms with E-state index in [1.54, 1.807) is 24.3 Å². The molecule has 1 unspecified atom stereocenters. The molecule has 2 aromatic rings. The van der Waals surface area contributed by atoms with Gasteiger partial charge in [0.05, 0.1) is 17.0 Å². The summed E-state index contributed by atoms with van der Waals surface area (Å²) in [5.41, 5.74) is -0.584. The van der Waals surface area contributed by atoms with Crippen LogP contribution in [0.4, 0.5) is 18.9 Å². The number of aliphatic imine (C=N–C) groups is 1. The van der Waals surface area contributed by atoms with Crippen molar-refractivity contribution < 1.29 is 32.7 Å². The number of hydrogen-bond donors (Lipinski definition) is 3. The van der Waals surface area contributed by atoms with Gasteiger partial charge in [-0.15, -0.1) is 0 Å². The van der Waals surface area contributed by atoms with Gasteiger partial charge >= 0.3 is 6.18 Å². The van der Waals surface area contributed by atoms with Crippen molar-refractivity contribution in [3.05, 3.63) is 65.2 Å². The van der Waals surface area contributed by atoms with E-state index in [-0.39, 0.29) is 18.1 Å². The van der Waals surface area contributed by atoms with Crippen molar-refractivity contribution in [2.75, 3.05) is 11.9 Å². The molecular weight excluding hydrogens is 525 g/mol. The highest BCUT2D eigenvalue weighted by molar-refractivity contribution is 6.20. The molecule has 1 aliphatic carbocycles. The van der Waals surface area contributed by atoms with Crippen LogP contribution in [-0.2, 0) is 20.6 Å². The highest BCUT2D eigenvalue weighted by atomic mass is 19.4. The molecular formula is C29H33F3N4O4. The maximum Gasteiger partial charge on any atom is 0.416 e. The molecule has 0 saturated heterocycles. The Morgan fingerprint density at radius 2 is 1.73 bits per heavy atom. The molecule has 1 fully saturated rings. The molecule has 8 nitrogen and oxygen atoms in total.